The fraction of sp³-hybridized carbons (Fsp3) is 0. The number of hydrogen-bond donors (Lipinski definition) is 0. The molecule has 16 heavy (non-hydrogen) atoms. The molecule has 0 spiro atoms. The minimum atomic E-state index is 0. The predicted molar refractivity (Wildman–Crippen MR) is 73.9 cm³/mol. The van der Waals surface area contributed by atoms with Gasteiger partial charge in [0.15, 0.2) is 0 Å². The third-order valence-electron chi connectivity index (χ3n) is 1.25. The van der Waals surface area contributed by atoms with Crippen LogP contribution in [-0.2, 0) is 21.7 Å². The van der Waals surface area contributed by atoms with E-state index in [4.69, 9.17) is 0 Å². The van der Waals surface area contributed by atoms with Crippen LogP contribution < -0.4 is 0 Å². The molecular formula is C10H10Se5Ti. The Kier molecular flexibility index (Phi) is 17.5. The Morgan fingerprint density at radius 1 is 0.375 bits per heavy atom. The van der Waals surface area contributed by atoms with E-state index in [1.54, 1.807) is 0 Å². The zero-order valence-electron chi connectivity index (χ0n) is 8.31. The van der Waals surface area contributed by atoms with E-state index >= 15 is 0 Å². The fourth-order valence-corrected chi connectivity index (χ4v) is 215. The summed E-state index contributed by atoms with van der Waals surface area (Å²) in [6.07, 6.45) is 20.0. The van der Waals surface area contributed by atoms with E-state index in [1.165, 1.54) is 53.8 Å². The third-order valence-corrected chi connectivity index (χ3v) is 102. The molecule has 0 unspecified atom stereocenters. The molecule has 0 N–H and O–H groups in total. The normalized spacial score (nSPS) is 13.5. The quantitative estimate of drug-likeness (QED) is 0.403. The van der Waals surface area contributed by atoms with Gasteiger partial charge in [-0.3, -0.25) is 0 Å². The Morgan fingerprint density at radius 2 is 0.625 bits per heavy atom. The van der Waals surface area contributed by atoms with Gasteiger partial charge in [0.25, 0.3) is 0 Å². The molecular weight excluding hydrogens is 563 g/mol. The van der Waals surface area contributed by atoms with Gasteiger partial charge in [-0.15, -0.1) is 0 Å². The van der Waals surface area contributed by atoms with Gasteiger partial charge in [-0.25, -0.2) is 0 Å². The molecule has 1 aromatic rings. The van der Waals surface area contributed by atoms with E-state index < -0.39 is 0 Å². The van der Waals surface area contributed by atoms with E-state index in [0.717, 1.165) is 0 Å². The zero-order chi connectivity index (χ0) is 10.6. The summed E-state index contributed by atoms with van der Waals surface area (Å²) in [4.78, 5) is 0. The maximum absolute atomic E-state index is 2.00. The first-order chi connectivity index (χ1) is 7.50. The van der Waals surface area contributed by atoms with Crippen LogP contribution >= 0.6 is 0 Å². The topological polar surface area (TPSA) is 0 Å². The van der Waals surface area contributed by atoms with Crippen molar-refractivity contribution < 1.29 is 21.7 Å². The Labute approximate surface area is 135 Å². The molecule has 2 radical (unpaired) electrons. The van der Waals surface area contributed by atoms with Crippen LogP contribution in [0.2, 0.25) is 0 Å². The van der Waals surface area contributed by atoms with Gasteiger partial charge in [-0.2, -0.15) is 0 Å². The summed E-state index contributed by atoms with van der Waals surface area (Å²) in [6.45, 7) is 0. The molecule has 3 rings (SSSR count). The van der Waals surface area contributed by atoms with Crippen LogP contribution in [0.4, 0.5) is 0 Å². The maximum atomic E-state index is 2.00. The molecule has 1 heterocycles. The van der Waals surface area contributed by atoms with Crippen LogP contribution in [0.25, 0.3) is 0 Å². The van der Waals surface area contributed by atoms with Crippen LogP contribution in [0, 0.1) is 12.8 Å². The van der Waals surface area contributed by atoms with Gasteiger partial charge in [0, 0.05) is 34.6 Å². The van der Waals surface area contributed by atoms with Crippen molar-refractivity contribution in [2.24, 2.45) is 0 Å². The van der Waals surface area contributed by atoms with Crippen LogP contribution in [0.15, 0.2) is 48.6 Å². The van der Waals surface area contributed by atoms with Crippen molar-refractivity contribution >= 4 is 53.8 Å². The zero-order valence-corrected chi connectivity index (χ0v) is 18.4. The van der Waals surface area contributed by atoms with Crippen LogP contribution in [0.3, 0.4) is 0 Å². The Hall–Kier alpha value is 2.27. The summed E-state index contributed by atoms with van der Waals surface area (Å²) >= 11 is 0. The molecule has 0 amide bonds. The average Bonchev–Trinajstić information content (AvgIpc) is 3.09. The van der Waals surface area contributed by atoms with Crippen molar-refractivity contribution in [2.75, 3.05) is 0 Å². The number of allylic oxidation sites excluding steroid dienone is 8. The Morgan fingerprint density at radius 3 is 0.750 bits per heavy atom. The second kappa shape index (κ2) is 15.3. The molecule has 0 fully saturated rings. The molecule has 0 saturated heterocycles. The summed E-state index contributed by atoms with van der Waals surface area (Å²) < 4.78 is 0. The van der Waals surface area contributed by atoms with Crippen molar-refractivity contribution in [2.45, 2.75) is 0 Å². The van der Waals surface area contributed by atoms with Gasteiger partial charge in [0.2, 0.25) is 0 Å². The first-order valence-corrected chi connectivity index (χ1v) is 25.8. The van der Waals surface area contributed by atoms with Crippen molar-refractivity contribution in [1.29, 1.82) is 0 Å². The van der Waals surface area contributed by atoms with Crippen molar-refractivity contribution in [1.82, 2.24) is 0 Å². The molecule has 0 nitrogen and oxygen atoms in total. The molecule has 2 aliphatic rings. The van der Waals surface area contributed by atoms with Gasteiger partial charge in [-0.05, 0) is 0 Å². The first-order valence-electron chi connectivity index (χ1n) is 4.17. The summed E-state index contributed by atoms with van der Waals surface area (Å²) in [5, 5.41) is 0. The molecule has 0 aliphatic heterocycles. The van der Waals surface area contributed by atoms with Crippen molar-refractivity contribution in [3.8, 4) is 0 Å². The van der Waals surface area contributed by atoms with E-state index in [1.807, 2.05) is 61.4 Å². The summed E-state index contributed by atoms with van der Waals surface area (Å²) in [7, 11) is 6.25. The van der Waals surface area contributed by atoms with Gasteiger partial charge in [-0.1, -0.05) is 48.6 Å². The third kappa shape index (κ3) is 12.7. The predicted octanol–water partition coefficient (Wildman–Crippen LogP) is 0.727. The SMILES string of the molecule is [CH]1C=CC=C1.[CH]1C=CC=C1.[Ti].[se]1[se][se][se][se]1. The van der Waals surface area contributed by atoms with Crippen molar-refractivity contribution in [3.63, 3.8) is 0 Å². The van der Waals surface area contributed by atoms with Gasteiger partial charge in [0.1, 0.15) is 0 Å². The van der Waals surface area contributed by atoms with Gasteiger partial charge < -0.3 is 0 Å². The number of rotatable bonds is 0. The van der Waals surface area contributed by atoms with E-state index in [2.05, 4.69) is 0 Å². The van der Waals surface area contributed by atoms with Gasteiger partial charge >= 0.3 is 53.8 Å². The molecule has 6 heteroatoms. The van der Waals surface area contributed by atoms with Crippen LogP contribution in [0.1, 0.15) is 0 Å². The van der Waals surface area contributed by atoms with Crippen LogP contribution in [0.5, 0.6) is 0 Å². The first kappa shape index (κ1) is 18.3. The molecule has 0 saturated carbocycles. The standard InChI is InChI=1S/2C5H5.Se5.Ti/c3*1-2-4-5-3-1;/h2*1-5H;;. The molecule has 0 aromatic carbocycles. The molecule has 1 aromatic heterocycles. The summed E-state index contributed by atoms with van der Waals surface area (Å²) in [6, 6.07) is 0. The molecule has 0 atom stereocenters. The Balaban J connectivity index is 0.000000205. The fourth-order valence-electron chi connectivity index (χ4n) is 0.698. The van der Waals surface area contributed by atoms with Crippen molar-refractivity contribution in [3.05, 3.63) is 61.4 Å². The van der Waals surface area contributed by atoms with Crippen LogP contribution in [-0.4, -0.2) is 53.8 Å². The monoisotopic (exact) mass is 578 g/mol. The average molecular weight is 573 g/mol. The minimum absolute atomic E-state index is 0. The second-order valence-corrected chi connectivity index (χ2v) is 49.7. The second-order valence-electron chi connectivity index (χ2n) is 2.26. The summed E-state index contributed by atoms with van der Waals surface area (Å²) in [5.74, 6) is 0. The van der Waals surface area contributed by atoms with E-state index in [0.29, 0.717) is 0 Å². The number of hydrogen-bond acceptors (Lipinski definition) is 0. The molecule has 84 valence electrons. The van der Waals surface area contributed by atoms with E-state index in [9.17, 15) is 0 Å². The van der Waals surface area contributed by atoms with Gasteiger partial charge in [0.05, 0.1) is 0 Å². The summed E-state index contributed by atoms with van der Waals surface area (Å²) in [5.41, 5.74) is 0. The van der Waals surface area contributed by atoms with E-state index in [-0.39, 0.29) is 21.7 Å². The Bertz CT molecular complexity index is 281. The molecule has 0 bridgehead atoms. The molecule has 2 aliphatic carbocycles.